The van der Waals surface area contributed by atoms with Crippen LogP contribution in [0.5, 0.6) is 0 Å². The number of benzene rings is 1. The van der Waals surface area contributed by atoms with Gasteiger partial charge in [0.05, 0.1) is 0 Å². The summed E-state index contributed by atoms with van der Waals surface area (Å²) in [6, 6.07) is 8.53. The Balaban J connectivity index is 0.000000810. The molecule has 0 amide bonds. The van der Waals surface area contributed by atoms with Crippen molar-refractivity contribution >= 4 is 13.3 Å². The van der Waals surface area contributed by atoms with Crippen molar-refractivity contribution < 1.29 is 45.1 Å². The minimum absolute atomic E-state index is 0. The van der Waals surface area contributed by atoms with Crippen LogP contribution in [-0.4, -0.2) is 4.89 Å². The third-order valence-corrected chi connectivity index (χ3v) is 1.72. The summed E-state index contributed by atoms with van der Waals surface area (Å²) >= 11 is 0. The monoisotopic (exact) mass is 280 g/mol. The molecule has 49 valence electrons. The van der Waals surface area contributed by atoms with E-state index in [2.05, 4.69) is 0 Å². The van der Waals surface area contributed by atoms with E-state index in [0.29, 0.717) is 5.30 Å². The molecule has 0 spiro atoms. The second-order valence-corrected chi connectivity index (χ2v) is 2.67. The molecule has 0 bridgehead atoms. The first-order chi connectivity index (χ1) is 4.30. The topological polar surface area (TPSA) is 37.3 Å². The smallest absolute Gasteiger partial charge is 0.156 e. The third-order valence-electron chi connectivity index (χ3n) is 0.977. The van der Waals surface area contributed by atoms with Crippen molar-refractivity contribution in [3.05, 3.63) is 30.3 Å². The van der Waals surface area contributed by atoms with E-state index in [0.717, 1.165) is 0 Å². The van der Waals surface area contributed by atoms with Gasteiger partial charge in [-0.3, -0.25) is 0 Å². The summed E-state index contributed by atoms with van der Waals surface area (Å²) in [5.41, 5.74) is 0. The van der Waals surface area contributed by atoms with Gasteiger partial charge in [-0.05, 0) is 16.7 Å². The van der Waals surface area contributed by atoms with Crippen LogP contribution < -0.4 is 5.30 Å². The molecule has 1 rings (SSSR count). The van der Waals surface area contributed by atoms with Crippen LogP contribution in [0.4, 0.5) is 0 Å². The fraction of sp³-hybridized carbons (Fsp3) is 0. The first kappa shape index (κ1) is 10.5. The zero-order valence-corrected chi connectivity index (χ0v) is 9.79. The molecular weight excluding hydrogens is 274 g/mol. The Labute approximate surface area is 88.1 Å². The molecule has 0 heterocycles. The van der Waals surface area contributed by atoms with Crippen LogP contribution >= 0.6 is 8.03 Å². The maximum atomic E-state index is 10.3. The Morgan fingerprint density at radius 2 is 1.70 bits per heavy atom. The fourth-order valence-corrected chi connectivity index (χ4v) is 0.983. The minimum Gasteiger partial charge on any atom is -0.156 e. The predicted octanol–water partition coefficient (Wildman–Crippen LogP) is 1.05. The van der Waals surface area contributed by atoms with Gasteiger partial charge in [-0.15, -0.1) is 0 Å². The predicted molar refractivity (Wildman–Crippen MR) is 35.9 cm³/mol. The molecule has 1 aromatic rings. The normalized spacial score (nSPS) is 9.90. The zero-order chi connectivity index (χ0) is 6.69. The molecular formula is C6H6LaO2P+. The first-order valence-electron chi connectivity index (χ1n) is 2.52. The molecule has 2 nitrogen and oxygen atoms in total. The molecule has 0 aliphatic rings. The van der Waals surface area contributed by atoms with Crippen LogP contribution in [0.25, 0.3) is 0 Å². The summed E-state index contributed by atoms with van der Waals surface area (Å²) in [6.45, 7) is 0. The van der Waals surface area contributed by atoms with Gasteiger partial charge in [-0.25, -0.2) is 0 Å². The van der Waals surface area contributed by atoms with Crippen molar-refractivity contribution in [2.45, 2.75) is 0 Å². The van der Waals surface area contributed by atoms with Gasteiger partial charge in [0.2, 0.25) is 5.30 Å². The van der Waals surface area contributed by atoms with Crippen molar-refractivity contribution in [3.8, 4) is 0 Å². The summed E-state index contributed by atoms with van der Waals surface area (Å²) in [7, 11) is -2.15. The molecule has 10 heavy (non-hydrogen) atoms. The second-order valence-electron chi connectivity index (χ2n) is 1.61. The van der Waals surface area contributed by atoms with Gasteiger partial charge >= 0.3 is 8.03 Å². The van der Waals surface area contributed by atoms with Crippen LogP contribution in [0.2, 0.25) is 0 Å². The number of hydrogen-bond acceptors (Lipinski definition) is 1. The minimum atomic E-state index is -2.15. The summed E-state index contributed by atoms with van der Waals surface area (Å²) in [5.74, 6) is 0. The Morgan fingerprint density at radius 1 is 1.20 bits per heavy atom. The average molecular weight is 280 g/mol. The van der Waals surface area contributed by atoms with E-state index in [-0.39, 0.29) is 35.6 Å². The van der Waals surface area contributed by atoms with Gasteiger partial charge < -0.3 is 0 Å². The molecule has 0 aromatic heterocycles. The molecule has 0 saturated heterocycles. The molecule has 1 N–H and O–H groups in total. The van der Waals surface area contributed by atoms with Crippen LogP contribution in [0.15, 0.2) is 30.3 Å². The maximum absolute atomic E-state index is 10.3. The van der Waals surface area contributed by atoms with Gasteiger partial charge in [-0.1, -0.05) is 18.2 Å². The molecule has 4 heteroatoms. The van der Waals surface area contributed by atoms with E-state index in [1.807, 2.05) is 6.07 Å². The van der Waals surface area contributed by atoms with Crippen molar-refractivity contribution in [1.29, 1.82) is 0 Å². The zero-order valence-electron chi connectivity index (χ0n) is 5.27. The summed E-state index contributed by atoms with van der Waals surface area (Å²) in [6.07, 6.45) is 0. The van der Waals surface area contributed by atoms with E-state index in [1.165, 1.54) is 0 Å². The SMILES string of the molecule is O=[P+](O)c1ccccc1.[La]. The van der Waals surface area contributed by atoms with E-state index in [4.69, 9.17) is 4.89 Å². The van der Waals surface area contributed by atoms with Crippen molar-refractivity contribution in [1.82, 2.24) is 0 Å². The van der Waals surface area contributed by atoms with Gasteiger partial charge in [0.1, 0.15) is 0 Å². The average Bonchev–Trinajstić information content (AvgIpc) is 1.90. The molecule has 1 atom stereocenters. The van der Waals surface area contributed by atoms with Gasteiger partial charge in [0.25, 0.3) is 0 Å². The van der Waals surface area contributed by atoms with E-state index >= 15 is 0 Å². The van der Waals surface area contributed by atoms with E-state index in [1.54, 1.807) is 24.3 Å². The Bertz CT molecular complexity index is 212. The number of rotatable bonds is 1. The van der Waals surface area contributed by atoms with Crippen LogP contribution in [0.3, 0.4) is 0 Å². The van der Waals surface area contributed by atoms with Crippen LogP contribution in [-0.2, 0) is 4.57 Å². The Kier molecular flexibility index (Phi) is 5.41. The summed E-state index contributed by atoms with van der Waals surface area (Å²) in [4.78, 5) is 8.53. The molecule has 1 aromatic carbocycles. The molecule has 0 saturated carbocycles. The maximum Gasteiger partial charge on any atom is 0.546 e. The molecule has 0 fully saturated rings. The number of hydrogen-bond donors (Lipinski definition) is 1. The van der Waals surface area contributed by atoms with E-state index < -0.39 is 8.03 Å². The van der Waals surface area contributed by atoms with Gasteiger partial charge in [0, 0.05) is 35.6 Å². The molecule has 0 aliphatic heterocycles. The summed E-state index contributed by atoms with van der Waals surface area (Å²) in [5, 5.41) is 0.479. The van der Waals surface area contributed by atoms with Crippen molar-refractivity contribution in [3.63, 3.8) is 0 Å². The summed E-state index contributed by atoms with van der Waals surface area (Å²) < 4.78 is 10.3. The fourth-order valence-electron chi connectivity index (χ4n) is 0.556. The Morgan fingerprint density at radius 3 is 2.00 bits per heavy atom. The molecule has 0 aliphatic carbocycles. The third kappa shape index (κ3) is 3.04. The van der Waals surface area contributed by atoms with Gasteiger partial charge in [-0.2, -0.15) is 4.89 Å². The van der Waals surface area contributed by atoms with Crippen molar-refractivity contribution in [2.75, 3.05) is 0 Å². The van der Waals surface area contributed by atoms with Gasteiger partial charge in [0.15, 0.2) is 0 Å². The van der Waals surface area contributed by atoms with Crippen LogP contribution in [0, 0.1) is 35.6 Å². The van der Waals surface area contributed by atoms with E-state index in [9.17, 15) is 4.57 Å². The van der Waals surface area contributed by atoms with Crippen LogP contribution in [0.1, 0.15) is 0 Å². The van der Waals surface area contributed by atoms with Crippen molar-refractivity contribution in [2.24, 2.45) is 0 Å². The standard InChI is InChI=1S/C6H5O2P.La/c7-9(8)6-4-2-1-3-5-6;/h1-5H;/p+1. The second kappa shape index (κ2) is 5.17. The quantitative estimate of drug-likeness (QED) is 0.781. The molecule has 1 radical (unpaired) electrons. The largest absolute Gasteiger partial charge is 0.546 e. The molecule has 1 unspecified atom stereocenters. The first-order valence-corrected chi connectivity index (χ1v) is 3.73. The Hall–Kier alpha value is 0.475.